The summed E-state index contributed by atoms with van der Waals surface area (Å²) < 4.78 is 30.3. The predicted octanol–water partition coefficient (Wildman–Crippen LogP) is 2.48. The molecular weight excluding hydrogens is 202 g/mol. The largest absolute Gasteiger partial charge is 0.496 e. The summed E-state index contributed by atoms with van der Waals surface area (Å²) in [6.07, 6.45) is -2.23. The highest BCUT2D eigenvalue weighted by Crippen LogP contribution is 2.33. The summed E-state index contributed by atoms with van der Waals surface area (Å²) in [5.41, 5.74) is 1.26. The number of methoxy groups -OCH3 is 1. The fourth-order valence-electron chi connectivity index (χ4n) is 1.60. The molecule has 0 bridgehead atoms. The summed E-state index contributed by atoms with van der Waals surface area (Å²) in [7, 11) is 1.36. The molecule has 1 N–H and O–H groups in total. The molecule has 0 saturated carbocycles. The lowest BCUT2D eigenvalue weighted by molar-refractivity contribution is 0.146. The SMILES string of the molecule is COc1c(CCO)cc(C)cc1C(F)F. The molecule has 0 heterocycles. The summed E-state index contributed by atoms with van der Waals surface area (Å²) in [4.78, 5) is 0. The average Bonchev–Trinajstić information content (AvgIpc) is 2.17. The van der Waals surface area contributed by atoms with Crippen molar-refractivity contribution in [3.63, 3.8) is 0 Å². The van der Waals surface area contributed by atoms with Crippen molar-refractivity contribution in [2.75, 3.05) is 13.7 Å². The highest BCUT2D eigenvalue weighted by molar-refractivity contribution is 5.45. The summed E-state index contributed by atoms with van der Waals surface area (Å²) in [5, 5.41) is 8.82. The average molecular weight is 216 g/mol. The molecular formula is C11H14F2O2. The van der Waals surface area contributed by atoms with Crippen LogP contribution >= 0.6 is 0 Å². The third-order valence-electron chi connectivity index (χ3n) is 2.16. The number of aliphatic hydroxyl groups is 1. The molecule has 1 aromatic rings. The molecule has 15 heavy (non-hydrogen) atoms. The number of alkyl halides is 2. The Morgan fingerprint density at radius 3 is 2.53 bits per heavy atom. The van der Waals surface area contributed by atoms with Gasteiger partial charge in [-0.25, -0.2) is 8.78 Å². The van der Waals surface area contributed by atoms with Crippen LogP contribution in [0.2, 0.25) is 0 Å². The Morgan fingerprint density at radius 2 is 2.07 bits per heavy atom. The van der Waals surface area contributed by atoms with E-state index in [-0.39, 0.29) is 17.9 Å². The van der Waals surface area contributed by atoms with E-state index in [9.17, 15) is 8.78 Å². The van der Waals surface area contributed by atoms with Crippen molar-refractivity contribution in [1.29, 1.82) is 0 Å². The smallest absolute Gasteiger partial charge is 0.267 e. The van der Waals surface area contributed by atoms with E-state index in [0.29, 0.717) is 12.0 Å². The second-order valence-corrected chi connectivity index (χ2v) is 3.32. The summed E-state index contributed by atoms with van der Waals surface area (Å²) >= 11 is 0. The fourth-order valence-corrected chi connectivity index (χ4v) is 1.60. The maximum atomic E-state index is 12.7. The van der Waals surface area contributed by atoms with Crippen LogP contribution in [-0.4, -0.2) is 18.8 Å². The fraction of sp³-hybridized carbons (Fsp3) is 0.455. The molecule has 0 fully saturated rings. The zero-order chi connectivity index (χ0) is 11.4. The van der Waals surface area contributed by atoms with E-state index in [1.807, 2.05) is 0 Å². The number of hydrogen-bond donors (Lipinski definition) is 1. The first-order valence-electron chi connectivity index (χ1n) is 4.66. The number of benzene rings is 1. The van der Waals surface area contributed by atoms with E-state index < -0.39 is 6.43 Å². The Hall–Kier alpha value is -1.16. The molecule has 0 aliphatic carbocycles. The second kappa shape index (κ2) is 5.07. The van der Waals surface area contributed by atoms with Crippen LogP contribution in [0.15, 0.2) is 12.1 Å². The van der Waals surface area contributed by atoms with E-state index in [1.165, 1.54) is 13.2 Å². The standard InChI is InChI=1S/C11H14F2O2/c1-7-5-8(3-4-14)10(15-2)9(6-7)11(12)13/h5-6,11,14H,3-4H2,1-2H3. The first kappa shape index (κ1) is 11.9. The van der Waals surface area contributed by atoms with Crippen molar-refractivity contribution in [2.45, 2.75) is 19.8 Å². The van der Waals surface area contributed by atoms with Gasteiger partial charge >= 0.3 is 0 Å². The van der Waals surface area contributed by atoms with Crippen LogP contribution in [0.3, 0.4) is 0 Å². The van der Waals surface area contributed by atoms with E-state index in [0.717, 1.165) is 5.56 Å². The lowest BCUT2D eigenvalue weighted by Crippen LogP contribution is -2.01. The van der Waals surface area contributed by atoms with Gasteiger partial charge in [0.25, 0.3) is 6.43 Å². The summed E-state index contributed by atoms with van der Waals surface area (Å²) in [5.74, 6) is 0.185. The second-order valence-electron chi connectivity index (χ2n) is 3.32. The van der Waals surface area contributed by atoms with Crippen molar-refractivity contribution < 1.29 is 18.6 Å². The highest BCUT2D eigenvalue weighted by Gasteiger charge is 2.17. The first-order chi connectivity index (χ1) is 7.10. The van der Waals surface area contributed by atoms with Crippen LogP contribution in [0.1, 0.15) is 23.1 Å². The van der Waals surface area contributed by atoms with E-state index in [2.05, 4.69) is 0 Å². The van der Waals surface area contributed by atoms with Crippen LogP contribution in [0.5, 0.6) is 5.75 Å². The minimum absolute atomic E-state index is 0.0809. The molecule has 2 nitrogen and oxygen atoms in total. The number of ether oxygens (including phenoxy) is 1. The number of halogens is 2. The van der Waals surface area contributed by atoms with Gasteiger partial charge in [-0.05, 0) is 25.0 Å². The molecule has 1 rings (SSSR count). The number of hydrogen-bond acceptors (Lipinski definition) is 2. The molecule has 0 saturated heterocycles. The number of aliphatic hydroxyl groups excluding tert-OH is 1. The van der Waals surface area contributed by atoms with Crippen molar-refractivity contribution in [3.8, 4) is 5.75 Å². The van der Waals surface area contributed by atoms with Crippen molar-refractivity contribution in [2.24, 2.45) is 0 Å². The van der Waals surface area contributed by atoms with Gasteiger partial charge in [0.05, 0.1) is 12.7 Å². The molecule has 0 aromatic heterocycles. The molecule has 4 heteroatoms. The van der Waals surface area contributed by atoms with E-state index in [1.54, 1.807) is 13.0 Å². The van der Waals surface area contributed by atoms with Gasteiger partial charge in [0.2, 0.25) is 0 Å². The van der Waals surface area contributed by atoms with Crippen molar-refractivity contribution >= 4 is 0 Å². The third kappa shape index (κ3) is 2.65. The number of aryl methyl sites for hydroxylation is 1. The molecule has 84 valence electrons. The van der Waals surface area contributed by atoms with Gasteiger partial charge in [-0.2, -0.15) is 0 Å². The van der Waals surface area contributed by atoms with E-state index in [4.69, 9.17) is 9.84 Å². The number of rotatable bonds is 4. The maximum Gasteiger partial charge on any atom is 0.267 e. The maximum absolute atomic E-state index is 12.7. The molecule has 0 unspecified atom stereocenters. The quantitative estimate of drug-likeness (QED) is 0.837. The minimum atomic E-state index is -2.56. The van der Waals surface area contributed by atoms with Gasteiger partial charge in [0.15, 0.2) is 0 Å². The van der Waals surface area contributed by atoms with Gasteiger partial charge in [0.1, 0.15) is 5.75 Å². The van der Waals surface area contributed by atoms with E-state index >= 15 is 0 Å². The van der Waals surface area contributed by atoms with Gasteiger partial charge in [-0.15, -0.1) is 0 Å². The molecule has 0 aliphatic rings. The topological polar surface area (TPSA) is 29.5 Å². The molecule has 0 radical (unpaired) electrons. The Morgan fingerprint density at radius 1 is 1.40 bits per heavy atom. The molecule has 0 atom stereocenters. The molecule has 1 aromatic carbocycles. The van der Waals surface area contributed by atoms with Gasteiger partial charge < -0.3 is 9.84 Å². The molecule has 0 spiro atoms. The molecule has 0 aliphatic heterocycles. The normalized spacial score (nSPS) is 10.8. The first-order valence-corrected chi connectivity index (χ1v) is 4.66. The predicted molar refractivity (Wildman–Crippen MR) is 53.5 cm³/mol. The Labute approximate surface area is 87.5 Å². The van der Waals surface area contributed by atoms with Crippen molar-refractivity contribution in [1.82, 2.24) is 0 Å². The summed E-state index contributed by atoms with van der Waals surface area (Å²) in [6.45, 7) is 1.66. The third-order valence-corrected chi connectivity index (χ3v) is 2.16. The van der Waals surface area contributed by atoms with Crippen LogP contribution < -0.4 is 4.74 Å². The Bertz CT molecular complexity index is 338. The van der Waals surface area contributed by atoms with Crippen LogP contribution in [0, 0.1) is 6.92 Å². The van der Waals surface area contributed by atoms with Gasteiger partial charge in [-0.1, -0.05) is 11.6 Å². The van der Waals surface area contributed by atoms with Gasteiger partial charge in [0, 0.05) is 6.61 Å². The lowest BCUT2D eigenvalue weighted by atomic mass is 10.0. The molecule has 0 amide bonds. The van der Waals surface area contributed by atoms with Gasteiger partial charge in [-0.3, -0.25) is 0 Å². The minimum Gasteiger partial charge on any atom is -0.496 e. The Balaban J connectivity index is 3.25. The monoisotopic (exact) mass is 216 g/mol. The Kier molecular flexibility index (Phi) is 4.03. The van der Waals surface area contributed by atoms with Crippen LogP contribution in [-0.2, 0) is 6.42 Å². The van der Waals surface area contributed by atoms with Crippen LogP contribution in [0.25, 0.3) is 0 Å². The highest BCUT2D eigenvalue weighted by atomic mass is 19.3. The summed E-state index contributed by atoms with van der Waals surface area (Å²) in [6, 6.07) is 3.16. The van der Waals surface area contributed by atoms with Crippen LogP contribution in [0.4, 0.5) is 8.78 Å². The zero-order valence-electron chi connectivity index (χ0n) is 8.76. The lowest BCUT2D eigenvalue weighted by Gasteiger charge is -2.13. The van der Waals surface area contributed by atoms with Crippen molar-refractivity contribution in [3.05, 3.63) is 28.8 Å². The zero-order valence-corrected chi connectivity index (χ0v) is 8.76.